The van der Waals surface area contributed by atoms with Gasteiger partial charge in [-0.05, 0) is 67.1 Å². The molecule has 0 spiro atoms. The number of morpholine rings is 1. The van der Waals surface area contributed by atoms with E-state index in [2.05, 4.69) is 26.1 Å². The molecule has 0 atom stereocenters. The quantitative estimate of drug-likeness (QED) is 0.536. The summed E-state index contributed by atoms with van der Waals surface area (Å²) in [5.74, 6) is 2.21. The molecule has 7 heteroatoms. The van der Waals surface area contributed by atoms with E-state index < -0.39 is 5.82 Å². The number of terminal acetylenes is 1. The van der Waals surface area contributed by atoms with Crippen LogP contribution < -0.4 is 10.2 Å². The van der Waals surface area contributed by atoms with Crippen LogP contribution in [0.2, 0.25) is 0 Å². The van der Waals surface area contributed by atoms with E-state index in [-0.39, 0.29) is 11.6 Å². The summed E-state index contributed by atoms with van der Waals surface area (Å²) in [6, 6.07) is 8.53. The molecule has 5 rings (SSSR count). The van der Waals surface area contributed by atoms with E-state index in [4.69, 9.17) is 11.2 Å². The normalized spacial score (nSPS) is 15.9. The molecule has 6 nitrogen and oxygen atoms in total. The zero-order chi connectivity index (χ0) is 24.4. The number of benzene rings is 1. The molecule has 3 aromatic rings. The number of carbonyl (C=O) groups is 1. The molecule has 1 N–H and O–H groups in total. The smallest absolute Gasteiger partial charge is 0.255 e. The summed E-state index contributed by atoms with van der Waals surface area (Å²) in [6.07, 6.45) is 12.4. The first kappa shape index (κ1) is 23.0. The lowest BCUT2D eigenvalue weighted by atomic mass is 9.82. The van der Waals surface area contributed by atoms with Crippen LogP contribution in [0, 0.1) is 25.1 Å². The van der Waals surface area contributed by atoms with Crippen molar-refractivity contribution in [1.82, 2.24) is 9.97 Å². The minimum Gasteiger partial charge on any atom is -0.378 e. The number of carbonyl (C=O) groups excluding carboxylic acids is 1. The minimum atomic E-state index is -0.491. The van der Waals surface area contributed by atoms with E-state index in [9.17, 15) is 9.18 Å². The van der Waals surface area contributed by atoms with Gasteiger partial charge in [-0.15, -0.1) is 6.42 Å². The maximum atomic E-state index is 14.9. The number of aryl methyl sites for hydroxylation is 1. The molecule has 1 aliphatic heterocycles. The number of nitrogens with one attached hydrogen (secondary N) is 1. The third kappa shape index (κ3) is 4.75. The maximum Gasteiger partial charge on any atom is 0.255 e. The van der Waals surface area contributed by atoms with Crippen LogP contribution in [0.5, 0.6) is 0 Å². The van der Waals surface area contributed by atoms with Gasteiger partial charge in [0, 0.05) is 48.2 Å². The summed E-state index contributed by atoms with van der Waals surface area (Å²) in [6.45, 7) is 4.52. The molecule has 178 valence electrons. The average Bonchev–Trinajstić information content (AvgIpc) is 2.85. The van der Waals surface area contributed by atoms with E-state index in [0.717, 1.165) is 54.0 Å². The van der Waals surface area contributed by atoms with Gasteiger partial charge in [-0.3, -0.25) is 9.78 Å². The number of hydrogen-bond donors (Lipinski definition) is 1. The lowest BCUT2D eigenvalue weighted by Gasteiger charge is -2.29. The highest BCUT2D eigenvalue weighted by Crippen LogP contribution is 2.36. The Labute approximate surface area is 204 Å². The molecular weight excluding hydrogens is 443 g/mol. The largest absolute Gasteiger partial charge is 0.378 e. The van der Waals surface area contributed by atoms with E-state index >= 15 is 0 Å². The second-order valence-corrected chi connectivity index (χ2v) is 9.03. The van der Waals surface area contributed by atoms with Crippen molar-refractivity contribution in [3.63, 3.8) is 0 Å². The SMILES string of the molecule is C#Cc1ncc(-c2cc(NC(=O)c3ccnc(C4CCC4)c3)c(F)cc2C)cc1N1CCOCC1. The number of rotatable bonds is 5. The molecule has 3 heterocycles. The van der Waals surface area contributed by atoms with Crippen LogP contribution in [0.3, 0.4) is 0 Å². The van der Waals surface area contributed by atoms with Crippen molar-refractivity contribution in [1.29, 1.82) is 0 Å². The Kier molecular flexibility index (Phi) is 6.47. The van der Waals surface area contributed by atoms with Gasteiger partial charge in [0.1, 0.15) is 11.5 Å². The third-order valence-corrected chi connectivity index (χ3v) is 6.80. The lowest BCUT2D eigenvalue weighted by molar-refractivity contribution is 0.102. The fourth-order valence-corrected chi connectivity index (χ4v) is 4.55. The van der Waals surface area contributed by atoms with E-state index in [1.165, 1.54) is 12.5 Å². The van der Waals surface area contributed by atoms with Crippen LogP contribution in [0.15, 0.2) is 42.7 Å². The Bertz CT molecular complexity index is 1310. The van der Waals surface area contributed by atoms with Crippen LogP contribution in [0.4, 0.5) is 15.8 Å². The van der Waals surface area contributed by atoms with Crippen molar-refractivity contribution < 1.29 is 13.9 Å². The minimum absolute atomic E-state index is 0.117. The van der Waals surface area contributed by atoms with Crippen LogP contribution in [-0.4, -0.2) is 42.2 Å². The van der Waals surface area contributed by atoms with Gasteiger partial charge in [0.2, 0.25) is 0 Å². The van der Waals surface area contributed by atoms with Gasteiger partial charge >= 0.3 is 0 Å². The topological polar surface area (TPSA) is 67.4 Å². The van der Waals surface area contributed by atoms with Gasteiger partial charge in [0.05, 0.1) is 24.6 Å². The van der Waals surface area contributed by atoms with Crippen molar-refractivity contribution in [2.45, 2.75) is 32.1 Å². The molecule has 0 radical (unpaired) electrons. The summed E-state index contributed by atoms with van der Waals surface area (Å²) in [5, 5.41) is 2.75. The summed E-state index contributed by atoms with van der Waals surface area (Å²) in [4.78, 5) is 24.0. The summed E-state index contributed by atoms with van der Waals surface area (Å²) >= 11 is 0. The van der Waals surface area contributed by atoms with Crippen LogP contribution in [0.25, 0.3) is 11.1 Å². The number of ether oxygens (including phenoxy) is 1. The Balaban J connectivity index is 1.45. The molecule has 35 heavy (non-hydrogen) atoms. The fourth-order valence-electron chi connectivity index (χ4n) is 4.55. The molecule has 1 aromatic carbocycles. The standard InChI is InChI=1S/C28H27FN4O2/c1-3-24-27(33-9-11-35-12-10-33)15-21(17-31-24)22-16-26(23(29)13-18(22)2)32-28(34)20-7-8-30-25(14-20)19-5-4-6-19/h1,7-8,13-17,19H,4-6,9-12H2,2H3,(H,32,34). The van der Waals surface area contributed by atoms with Crippen molar-refractivity contribution in [2.75, 3.05) is 36.5 Å². The monoisotopic (exact) mass is 470 g/mol. The zero-order valence-electron chi connectivity index (χ0n) is 19.7. The Hall–Kier alpha value is -3.76. The lowest BCUT2D eigenvalue weighted by Crippen LogP contribution is -2.36. The Morgan fingerprint density at radius 1 is 1.20 bits per heavy atom. The first-order valence-corrected chi connectivity index (χ1v) is 11.9. The molecular formula is C28H27FN4O2. The molecule has 2 aromatic heterocycles. The van der Waals surface area contributed by atoms with Crippen molar-refractivity contribution in [2.24, 2.45) is 0 Å². The average molecular weight is 471 g/mol. The van der Waals surface area contributed by atoms with Crippen LogP contribution >= 0.6 is 0 Å². The molecule has 1 aliphatic carbocycles. The van der Waals surface area contributed by atoms with Crippen LogP contribution in [-0.2, 0) is 4.74 Å². The van der Waals surface area contributed by atoms with E-state index in [0.29, 0.717) is 30.4 Å². The second-order valence-electron chi connectivity index (χ2n) is 9.03. The third-order valence-electron chi connectivity index (χ3n) is 6.80. The summed E-state index contributed by atoms with van der Waals surface area (Å²) in [5.41, 5.74) is 5.23. The Morgan fingerprint density at radius 2 is 2.00 bits per heavy atom. The van der Waals surface area contributed by atoms with Gasteiger partial charge in [-0.1, -0.05) is 6.42 Å². The number of pyridine rings is 2. The fraction of sp³-hybridized carbons (Fsp3) is 0.321. The number of anilines is 2. The number of amides is 1. The van der Waals surface area contributed by atoms with Crippen molar-refractivity contribution in [3.8, 4) is 23.5 Å². The number of aromatic nitrogens is 2. The van der Waals surface area contributed by atoms with Gasteiger partial charge in [-0.2, -0.15) is 0 Å². The predicted molar refractivity (Wildman–Crippen MR) is 134 cm³/mol. The Morgan fingerprint density at radius 3 is 2.71 bits per heavy atom. The molecule has 0 bridgehead atoms. The van der Waals surface area contributed by atoms with E-state index in [1.807, 2.05) is 19.1 Å². The first-order valence-electron chi connectivity index (χ1n) is 11.9. The number of nitrogens with zero attached hydrogens (tertiary/aromatic N) is 3. The maximum absolute atomic E-state index is 14.9. The molecule has 1 amide bonds. The second kappa shape index (κ2) is 9.85. The van der Waals surface area contributed by atoms with Crippen LogP contribution in [0.1, 0.15) is 52.5 Å². The van der Waals surface area contributed by atoms with Gasteiger partial charge in [0.15, 0.2) is 0 Å². The molecule has 2 fully saturated rings. The highest BCUT2D eigenvalue weighted by Gasteiger charge is 2.22. The molecule has 1 saturated heterocycles. The van der Waals surface area contributed by atoms with Crippen molar-refractivity contribution in [3.05, 3.63) is 71.1 Å². The van der Waals surface area contributed by atoms with Gasteiger partial charge in [0.25, 0.3) is 5.91 Å². The molecule has 0 unspecified atom stereocenters. The van der Waals surface area contributed by atoms with Gasteiger partial charge < -0.3 is 15.0 Å². The highest BCUT2D eigenvalue weighted by molar-refractivity contribution is 6.04. The summed E-state index contributed by atoms with van der Waals surface area (Å²) in [7, 11) is 0. The number of hydrogen-bond acceptors (Lipinski definition) is 5. The predicted octanol–water partition coefficient (Wildman–Crippen LogP) is 4.93. The van der Waals surface area contributed by atoms with Crippen molar-refractivity contribution >= 4 is 17.3 Å². The van der Waals surface area contributed by atoms with E-state index in [1.54, 1.807) is 24.5 Å². The molecule has 1 saturated carbocycles. The molecule has 2 aliphatic rings. The first-order chi connectivity index (χ1) is 17.0. The number of halogens is 1. The summed E-state index contributed by atoms with van der Waals surface area (Å²) < 4.78 is 20.4. The highest BCUT2D eigenvalue weighted by atomic mass is 19.1. The zero-order valence-corrected chi connectivity index (χ0v) is 19.7. The van der Waals surface area contributed by atoms with Gasteiger partial charge in [-0.25, -0.2) is 9.37 Å².